The van der Waals surface area contributed by atoms with Crippen LogP contribution in [0, 0.1) is 0 Å². The van der Waals surface area contributed by atoms with Gasteiger partial charge >= 0.3 is 6.09 Å². The van der Waals surface area contributed by atoms with Gasteiger partial charge in [0, 0.05) is 24.7 Å². The zero-order valence-corrected chi connectivity index (χ0v) is 17.4. The first-order valence-corrected chi connectivity index (χ1v) is 10.6. The summed E-state index contributed by atoms with van der Waals surface area (Å²) in [6.45, 7) is 4.54. The van der Waals surface area contributed by atoms with Crippen LogP contribution in [-0.2, 0) is 0 Å². The summed E-state index contributed by atoms with van der Waals surface area (Å²) < 4.78 is 12.2. The van der Waals surface area contributed by atoms with E-state index < -0.39 is 11.7 Å². The number of hydrogen-bond donors (Lipinski definition) is 2. The Labute approximate surface area is 176 Å². The van der Waals surface area contributed by atoms with Gasteiger partial charge in [0.25, 0.3) is 6.01 Å². The summed E-state index contributed by atoms with van der Waals surface area (Å²) in [6, 6.07) is 4.07. The molecule has 3 aliphatic rings. The van der Waals surface area contributed by atoms with Gasteiger partial charge in [0.2, 0.25) is 0 Å². The highest BCUT2D eigenvalue weighted by molar-refractivity contribution is 7.13. The molecule has 2 aromatic heterocycles. The van der Waals surface area contributed by atoms with Crippen LogP contribution < -0.4 is 9.64 Å². The highest BCUT2D eigenvalue weighted by Crippen LogP contribution is 2.41. The molecule has 2 unspecified atom stereocenters. The molecule has 1 amide bonds. The van der Waals surface area contributed by atoms with Crippen molar-refractivity contribution >= 4 is 34.5 Å². The summed E-state index contributed by atoms with van der Waals surface area (Å²) in [7, 11) is 0. The van der Waals surface area contributed by atoms with Crippen LogP contribution in [0.1, 0.15) is 20.3 Å². The van der Waals surface area contributed by atoms with Crippen LogP contribution in [0.2, 0.25) is 0 Å². The Morgan fingerprint density at radius 2 is 2.13 bits per heavy atom. The first kappa shape index (κ1) is 19.1. The van der Waals surface area contributed by atoms with Crippen LogP contribution in [0.3, 0.4) is 0 Å². The molecule has 9 nitrogen and oxygen atoms in total. The fourth-order valence-electron chi connectivity index (χ4n) is 4.12. The van der Waals surface area contributed by atoms with Crippen LogP contribution in [0.4, 0.5) is 10.8 Å². The standard InChI is InChI=1S/C20H22N4O5S/c1-20(2,10-25)29-14-4-3-13(17-21-5-6-30-17)16-15(14)22-18(28-16)23-8-11-7-12(9-23)24(11)19(26)27/h3-6,11-12,25H,7-10H2,1-2H3,(H,26,27). The van der Waals surface area contributed by atoms with E-state index in [9.17, 15) is 15.0 Å². The molecule has 3 saturated heterocycles. The molecule has 1 aromatic carbocycles. The van der Waals surface area contributed by atoms with E-state index in [1.54, 1.807) is 20.0 Å². The Morgan fingerprint density at radius 1 is 1.37 bits per heavy atom. The normalized spacial score (nSPS) is 21.0. The molecule has 2 N–H and O–H groups in total. The number of carbonyl (C=O) groups is 1. The number of aromatic nitrogens is 2. The second kappa shape index (κ2) is 6.85. The van der Waals surface area contributed by atoms with Crippen molar-refractivity contribution in [2.75, 3.05) is 24.6 Å². The molecule has 30 heavy (non-hydrogen) atoms. The minimum absolute atomic E-state index is 0.0428. The maximum Gasteiger partial charge on any atom is 0.407 e. The number of hydrogen-bond acceptors (Lipinski definition) is 8. The Kier molecular flexibility index (Phi) is 4.37. The number of ether oxygens (including phenoxy) is 1. The van der Waals surface area contributed by atoms with Gasteiger partial charge < -0.3 is 24.3 Å². The molecule has 3 aromatic rings. The van der Waals surface area contributed by atoms with Gasteiger partial charge in [-0.1, -0.05) is 0 Å². The van der Waals surface area contributed by atoms with Gasteiger partial charge in [-0.3, -0.25) is 4.90 Å². The van der Waals surface area contributed by atoms with Gasteiger partial charge in [-0.15, -0.1) is 11.3 Å². The SMILES string of the molecule is CC(C)(CO)Oc1ccc(-c2nccs2)c2oc(N3CC4CC(C3)N4C(=O)O)nc12. The minimum Gasteiger partial charge on any atom is -0.483 e. The van der Waals surface area contributed by atoms with Crippen LogP contribution in [0.15, 0.2) is 28.1 Å². The molecule has 10 heteroatoms. The number of benzene rings is 1. The average Bonchev–Trinajstić information content (AvgIpc) is 3.38. The Morgan fingerprint density at radius 3 is 2.77 bits per heavy atom. The van der Waals surface area contributed by atoms with E-state index >= 15 is 0 Å². The van der Waals surface area contributed by atoms with E-state index in [1.807, 2.05) is 22.4 Å². The molecule has 3 aliphatic heterocycles. The Hall–Kier alpha value is -2.85. The summed E-state index contributed by atoms with van der Waals surface area (Å²) in [5.41, 5.74) is 1.18. The van der Waals surface area contributed by atoms with Gasteiger partial charge in [-0.05, 0) is 32.4 Å². The lowest BCUT2D eigenvalue weighted by Gasteiger charge is -2.54. The average molecular weight is 430 g/mol. The summed E-state index contributed by atoms with van der Waals surface area (Å²) in [5, 5.41) is 21.7. The summed E-state index contributed by atoms with van der Waals surface area (Å²) in [4.78, 5) is 24.0. The number of amides is 1. The highest BCUT2D eigenvalue weighted by Gasteiger charge is 2.48. The third-order valence-electron chi connectivity index (χ3n) is 5.61. The third-order valence-corrected chi connectivity index (χ3v) is 6.42. The molecular formula is C20H22N4O5S. The number of fused-ring (bicyclic) bond motifs is 3. The van der Waals surface area contributed by atoms with Crippen LogP contribution in [0.5, 0.6) is 5.75 Å². The first-order chi connectivity index (χ1) is 14.4. The lowest BCUT2D eigenvalue weighted by atomic mass is 9.88. The molecule has 6 rings (SSSR count). The van der Waals surface area contributed by atoms with Gasteiger partial charge in [-0.25, -0.2) is 9.78 Å². The second-order valence-corrected chi connectivity index (χ2v) is 9.18. The maximum atomic E-state index is 11.4. The summed E-state index contributed by atoms with van der Waals surface area (Å²) in [6.07, 6.45) is 1.73. The van der Waals surface area contributed by atoms with E-state index in [0.29, 0.717) is 36.0 Å². The molecule has 2 atom stereocenters. The van der Waals surface area contributed by atoms with Crippen molar-refractivity contribution < 1.29 is 24.2 Å². The van der Waals surface area contributed by atoms with Crippen molar-refractivity contribution in [1.82, 2.24) is 14.9 Å². The van der Waals surface area contributed by atoms with Crippen LogP contribution >= 0.6 is 11.3 Å². The monoisotopic (exact) mass is 430 g/mol. The number of oxazole rings is 1. The first-order valence-electron chi connectivity index (χ1n) is 9.76. The molecule has 3 fully saturated rings. The van der Waals surface area contributed by atoms with E-state index in [-0.39, 0.29) is 18.7 Å². The minimum atomic E-state index is -0.874. The number of piperidine rings is 1. The molecule has 158 valence electrons. The smallest absolute Gasteiger partial charge is 0.407 e. The third kappa shape index (κ3) is 3.07. The predicted octanol–water partition coefficient (Wildman–Crippen LogP) is 3.04. The Bertz CT molecular complexity index is 1080. The molecule has 0 saturated carbocycles. The number of thiazole rings is 1. The van der Waals surface area contributed by atoms with E-state index in [1.165, 1.54) is 16.2 Å². The second-order valence-electron chi connectivity index (χ2n) is 8.28. The molecule has 2 bridgehead atoms. The summed E-state index contributed by atoms with van der Waals surface area (Å²) in [5.74, 6) is 0.522. The fraction of sp³-hybridized carbons (Fsp3) is 0.450. The lowest BCUT2D eigenvalue weighted by molar-refractivity contribution is 0.0101. The molecule has 5 heterocycles. The van der Waals surface area contributed by atoms with Crippen molar-refractivity contribution in [2.45, 2.75) is 38.0 Å². The lowest BCUT2D eigenvalue weighted by Crippen LogP contribution is -2.70. The molecule has 0 aliphatic carbocycles. The van der Waals surface area contributed by atoms with Gasteiger partial charge in [0.1, 0.15) is 16.4 Å². The predicted molar refractivity (Wildman–Crippen MR) is 111 cm³/mol. The largest absolute Gasteiger partial charge is 0.483 e. The van der Waals surface area contributed by atoms with Crippen molar-refractivity contribution in [1.29, 1.82) is 0 Å². The zero-order valence-electron chi connectivity index (χ0n) is 16.6. The molecular weight excluding hydrogens is 408 g/mol. The van der Waals surface area contributed by atoms with Crippen molar-refractivity contribution in [2.24, 2.45) is 0 Å². The number of carboxylic acid groups (broad SMARTS) is 1. The quantitative estimate of drug-likeness (QED) is 0.635. The van der Waals surface area contributed by atoms with Crippen LogP contribution in [0.25, 0.3) is 21.7 Å². The number of aliphatic hydroxyl groups excluding tert-OH is 1. The number of rotatable bonds is 5. The number of anilines is 1. The van der Waals surface area contributed by atoms with Gasteiger partial charge in [0.05, 0.1) is 24.3 Å². The summed E-state index contributed by atoms with van der Waals surface area (Å²) >= 11 is 1.50. The maximum absolute atomic E-state index is 11.4. The highest BCUT2D eigenvalue weighted by atomic mass is 32.1. The number of nitrogens with zero attached hydrogens (tertiary/aromatic N) is 4. The van der Waals surface area contributed by atoms with Crippen molar-refractivity contribution in [3.63, 3.8) is 0 Å². The van der Waals surface area contributed by atoms with Crippen molar-refractivity contribution in [3.05, 3.63) is 23.7 Å². The van der Waals surface area contributed by atoms with Crippen LogP contribution in [-0.4, -0.2) is 68.6 Å². The molecule has 0 radical (unpaired) electrons. The van der Waals surface area contributed by atoms with Gasteiger partial charge in [-0.2, -0.15) is 4.98 Å². The van der Waals surface area contributed by atoms with Gasteiger partial charge in [0.15, 0.2) is 11.1 Å². The van der Waals surface area contributed by atoms with E-state index in [4.69, 9.17) is 14.1 Å². The topological polar surface area (TPSA) is 112 Å². The number of piperazine rings is 1. The van der Waals surface area contributed by atoms with E-state index in [0.717, 1.165) is 17.0 Å². The zero-order chi connectivity index (χ0) is 21.0. The van der Waals surface area contributed by atoms with E-state index in [2.05, 4.69) is 4.98 Å². The molecule has 0 spiro atoms. The fourth-order valence-corrected chi connectivity index (χ4v) is 4.78. The van der Waals surface area contributed by atoms with Crippen molar-refractivity contribution in [3.8, 4) is 16.3 Å². The Balaban J connectivity index is 1.54. The number of aliphatic hydroxyl groups is 1.